The van der Waals surface area contributed by atoms with Crippen LogP contribution in [0.4, 0.5) is 5.82 Å². The van der Waals surface area contributed by atoms with Crippen molar-refractivity contribution in [2.45, 2.75) is 40.2 Å². The van der Waals surface area contributed by atoms with Gasteiger partial charge in [0.15, 0.2) is 0 Å². The summed E-state index contributed by atoms with van der Waals surface area (Å²) in [6.07, 6.45) is 2.74. The van der Waals surface area contributed by atoms with Crippen molar-refractivity contribution in [1.82, 2.24) is 10.3 Å². The van der Waals surface area contributed by atoms with Crippen molar-refractivity contribution in [2.75, 3.05) is 12.3 Å². The summed E-state index contributed by atoms with van der Waals surface area (Å²) in [4.78, 5) is 4.29. The van der Waals surface area contributed by atoms with Crippen molar-refractivity contribution >= 4 is 5.82 Å². The van der Waals surface area contributed by atoms with Crippen LogP contribution in [0, 0.1) is 20.8 Å². The number of aromatic nitrogens is 1. The second-order valence-electron chi connectivity index (χ2n) is 5.72. The molecule has 1 unspecified atom stereocenters. The van der Waals surface area contributed by atoms with E-state index in [1.807, 2.05) is 6.20 Å². The molecule has 3 heteroatoms. The summed E-state index contributed by atoms with van der Waals surface area (Å²) in [5.74, 6) is 0.621. The van der Waals surface area contributed by atoms with Crippen LogP contribution in [0.3, 0.4) is 0 Å². The highest BCUT2D eigenvalue weighted by molar-refractivity contribution is 5.44. The van der Waals surface area contributed by atoms with Gasteiger partial charge < -0.3 is 11.1 Å². The number of hydrogen-bond donors (Lipinski definition) is 2. The maximum atomic E-state index is 6.08. The van der Waals surface area contributed by atoms with E-state index in [0.717, 1.165) is 24.1 Å². The average Bonchev–Trinajstić information content (AvgIpc) is 2.45. The van der Waals surface area contributed by atoms with Gasteiger partial charge in [0.2, 0.25) is 0 Å². The highest BCUT2D eigenvalue weighted by Crippen LogP contribution is 2.24. The van der Waals surface area contributed by atoms with E-state index in [9.17, 15) is 0 Å². The fraction of sp³-hybridized carbons (Fsp3) is 0.389. The molecule has 1 aromatic carbocycles. The summed E-state index contributed by atoms with van der Waals surface area (Å²) in [7, 11) is 0. The summed E-state index contributed by atoms with van der Waals surface area (Å²) in [6, 6.07) is 8.98. The van der Waals surface area contributed by atoms with Crippen LogP contribution >= 0.6 is 0 Å². The molecule has 0 fully saturated rings. The molecular formula is C18H25N3. The second-order valence-corrected chi connectivity index (χ2v) is 5.72. The number of pyridine rings is 1. The number of nitrogen functional groups attached to an aromatic ring is 1. The molecule has 0 aliphatic heterocycles. The Morgan fingerprint density at radius 2 is 1.90 bits per heavy atom. The number of nitrogens with two attached hydrogens (primary N) is 1. The van der Waals surface area contributed by atoms with Gasteiger partial charge in [-0.15, -0.1) is 0 Å². The van der Waals surface area contributed by atoms with Gasteiger partial charge >= 0.3 is 0 Å². The van der Waals surface area contributed by atoms with Gasteiger partial charge in [0, 0.05) is 17.8 Å². The molecule has 0 radical (unpaired) electrons. The molecule has 0 saturated carbocycles. The summed E-state index contributed by atoms with van der Waals surface area (Å²) >= 11 is 0. The van der Waals surface area contributed by atoms with E-state index in [-0.39, 0.29) is 6.04 Å². The van der Waals surface area contributed by atoms with Crippen LogP contribution in [0.25, 0.3) is 0 Å². The molecule has 0 aliphatic carbocycles. The van der Waals surface area contributed by atoms with Crippen LogP contribution in [-0.2, 0) is 6.42 Å². The minimum absolute atomic E-state index is 0.199. The third-order valence-electron chi connectivity index (χ3n) is 3.92. The summed E-state index contributed by atoms with van der Waals surface area (Å²) in [6.45, 7) is 9.37. The molecule has 21 heavy (non-hydrogen) atoms. The molecule has 0 aliphatic rings. The molecule has 0 bridgehead atoms. The van der Waals surface area contributed by atoms with Crippen molar-refractivity contribution in [3.63, 3.8) is 0 Å². The molecular weight excluding hydrogens is 258 g/mol. The number of likely N-dealkylation sites (N-methyl/N-ethyl adjacent to an activating group) is 1. The van der Waals surface area contributed by atoms with Crippen molar-refractivity contribution in [2.24, 2.45) is 0 Å². The largest absolute Gasteiger partial charge is 0.383 e. The van der Waals surface area contributed by atoms with E-state index in [1.165, 1.54) is 16.7 Å². The van der Waals surface area contributed by atoms with Gasteiger partial charge in [-0.05, 0) is 62.1 Å². The lowest BCUT2D eigenvalue weighted by Crippen LogP contribution is -2.24. The van der Waals surface area contributed by atoms with Gasteiger partial charge in [-0.2, -0.15) is 0 Å². The Hall–Kier alpha value is -1.87. The van der Waals surface area contributed by atoms with Gasteiger partial charge in [-0.1, -0.05) is 25.1 Å². The van der Waals surface area contributed by atoms with Gasteiger partial charge in [0.1, 0.15) is 5.82 Å². The van der Waals surface area contributed by atoms with Gasteiger partial charge in [0.05, 0.1) is 0 Å². The van der Waals surface area contributed by atoms with Crippen LogP contribution < -0.4 is 11.1 Å². The van der Waals surface area contributed by atoms with E-state index in [2.05, 4.69) is 62.3 Å². The lowest BCUT2D eigenvalue weighted by atomic mass is 9.96. The van der Waals surface area contributed by atoms with Crippen molar-refractivity contribution in [3.05, 3.63) is 58.3 Å². The normalized spacial score (nSPS) is 12.4. The molecule has 1 heterocycles. The Balaban J connectivity index is 2.30. The molecule has 2 aromatic rings. The molecule has 3 nitrogen and oxygen atoms in total. The first-order chi connectivity index (χ1) is 10.0. The van der Waals surface area contributed by atoms with Crippen LogP contribution in [0.2, 0.25) is 0 Å². The van der Waals surface area contributed by atoms with E-state index < -0.39 is 0 Å². The Morgan fingerprint density at radius 1 is 1.14 bits per heavy atom. The quantitative estimate of drug-likeness (QED) is 0.883. The van der Waals surface area contributed by atoms with E-state index >= 15 is 0 Å². The van der Waals surface area contributed by atoms with Crippen molar-refractivity contribution in [3.8, 4) is 0 Å². The summed E-state index contributed by atoms with van der Waals surface area (Å²) < 4.78 is 0. The van der Waals surface area contributed by atoms with Crippen LogP contribution in [-0.4, -0.2) is 11.5 Å². The molecule has 0 spiro atoms. The van der Waals surface area contributed by atoms with E-state index in [4.69, 9.17) is 5.73 Å². The fourth-order valence-corrected chi connectivity index (χ4v) is 2.59. The summed E-state index contributed by atoms with van der Waals surface area (Å²) in [5.41, 5.74) is 12.3. The smallest absolute Gasteiger partial charge is 0.128 e. The monoisotopic (exact) mass is 283 g/mol. The molecule has 2 rings (SSSR count). The highest BCUT2D eigenvalue weighted by Gasteiger charge is 2.15. The highest BCUT2D eigenvalue weighted by atomic mass is 14.9. The standard InChI is InChI=1S/C18H25N3/c1-5-20-17(16-8-12(2)11-21-18(16)19)10-15-7-6-13(3)14(4)9-15/h6-9,11,17,20H,5,10H2,1-4H3,(H2,19,21). The Kier molecular flexibility index (Phi) is 4.97. The second kappa shape index (κ2) is 6.72. The van der Waals surface area contributed by atoms with Gasteiger partial charge in [-0.25, -0.2) is 4.98 Å². The Bertz CT molecular complexity index is 620. The molecule has 1 aromatic heterocycles. The third kappa shape index (κ3) is 3.82. The predicted molar refractivity (Wildman–Crippen MR) is 89.4 cm³/mol. The number of nitrogens with one attached hydrogen (secondary N) is 1. The summed E-state index contributed by atoms with van der Waals surface area (Å²) in [5, 5.41) is 3.53. The van der Waals surface area contributed by atoms with Crippen LogP contribution in [0.5, 0.6) is 0 Å². The average molecular weight is 283 g/mol. The predicted octanol–water partition coefficient (Wildman–Crippen LogP) is 3.48. The maximum absolute atomic E-state index is 6.08. The van der Waals surface area contributed by atoms with Crippen LogP contribution in [0.1, 0.15) is 40.8 Å². The number of nitrogens with zero attached hydrogens (tertiary/aromatic N) is 1. The topological polar surface area (TPSA) is 50.9 Å². The van der Waals surface area contributed by atoms with E-state index in [0.29, 0.717) is 5.82 Å². The fourth-order valence-electron chi connectivity index (χ4n) is 2.59. The zero-order valence-corrected chi connectivity index (χ0v) is 13.4. The number of rotatable bonds is 5. The zero-order chi connectivity index (χ0) is 15.4. The van der Waals surface area contributed by atoms with Gasteiger partial charge in [-0.3, -0.25) is 0 Å². The minimum atomic E-state index is 0.199. The first-order valence-electron chi connectivity index (χ1n) is 7.52. The minimum Gasteiger partial charge on any atom is -0.383 e. The number of benzene rings is 1. The SMILES string of the molecule is CCNC(Cc1ccc(C)c(C)c1)c1cc(C)cnc1N. The zero-order valence-electron chi connectivity index (χ0n) is 13.4. The lowest BCUT2D eigenvalue weighted by molar-refractivity contribution is 0.549. The molecule has 3 N–H and O–H groups in total. The van der Waals surface area contributed by atoms with Crippen molar-refractivity contribution < 1.29 is 0 Å². The van der Waals surface area contributed by atoms with Gasteiger partial charge in [0.25, 0.3) is 0 Å². The number of anilines is 1. The first-order valence-corrected chi connectivity index (χ1v) is 7.52. The number of aryl methyl sites for hydroxylation is 3. The van der Waals surface area contributed by atoms with Crippen molar-refractivity contribution in [1.29, 1.82) is 0 Å². The molecule has 0 amide bonds. The molecule has 112 valence electrons. The number of hydrogen-bond acceptors (Lipinski definition) is 3. The molecule has 1 atom stereocenters. The first kappa shape index (κ1) is 15.5. The molecule has 0 saturated heterocycles. The maximum Gasteiger partial charge on any atom is 0.128 e. The van der Waals surface area contributed by atoms with Crippen LogP contribution in [0.15, 0.2) is 30.5 Å². The Labute approximate surface area is 127 Å². The lowest BCUT2D eigenvalue weighted by Gasteiger charge is -2.20. The Morgan fingerprint density at radius 3 is 2.57 bits per heavy atom. The van der Waals surface area contributed by atoms with E-state index in [1.54, 1.807) is 0 Å². The third-order valence-corrected chi connectivity index (χ3v) is 3.92.